The number of anilines is 3. The zero-order chi connectivity index (χ0) is 74.2. The van der Waals surface area contributed by atoms with Crippen molar-refractivity contribution in [2.24, 2.45) is 0 Å². The van der Waals surface area contributed by atoms with E-state index in [1.54, 1.807) is 38.8 Å². The number of rotatable bonds is 39. The van der Waals surface area contributed by atoms with Crippen LogP contribution in [-0.2, 0) is 109 Å². The average molecular weight is 1490 g/mol. The van der Waals surface area contributed by atoms with Crippen molar-refractivity contribution in [3.63, 3.8) is 0 Å². The third-order valence-electron chi connectivity index (χ3n) is 13.7. The SMILES string of the molecule is C=CCC(=O)COP(=O)(COCCn1cnc2c(=O)[nH]c(N)nc21)OCc1ccc(OC)c(F)c1.CCC(=O)COP(=O)(COCCn1cnc2c(=O)[nH]c(N)nc21)OCc1ccc(OC)c(F)c1.COc1ccc(COP(=O)(COCCn2cnc3c(=O)[nH]c(N)nc32)OCC(C)=O)cc1F. The third-order valence-corrected chi connectivity index (χ3v) is 18.3. The van der Waals surface area contributed by atoms with E-state index >= 15 is 0 Å². The van der Waals surface area contributed by atoms with E-state index in [4.69, 9.17) is 72.8 Å². The van der Waals surface area contributed by atoms with Crippen molar-refractivity contribution in [3.05, 3.63) is 151 Å². The number of benzene rings is 3. The second-order valence-electron chi connectivity index (χ2n) is 21.3. The molecular weight excluding hydrogens is 1420 g/mol. The Kier molecular flexibility index (Phi) is 29.6. The van der Waals surface area contributed by atoms with Crippen LogP contribution in [-0.4, -0.2) is 156 Å². The number of aromatic nitrogens is 12. The maximum Gasteiger partial charge on any atom is 0.356 e. The van der Waals surface area contributed by atoms with Crippen molar-refractivity contribution in [2.75, 3.05) is 97.2 Å². The number of hydrogen-bond donors (Lipinski definition) is 6. The monoisotopic (exact) mass is 1490 g/mol. The van der Waals surface area contributed by atoms with Gasteiger partial charge in [-0.1, -0.05) is 31.2 Å². The summed E-state index contributed by atoms with van der Waals surface area (Å²) in [4.78, 5) is 101. The van der Waals surface area contributed by atoms with Crippen LogP contribution in [0, 0.1) is 17.5 Å². The maximum absolute atomic E-state index is 14.0. The molecule has 6 aromatic heterocycles. The Morgan fingerprint density at radius 3 is 1.11 bits per heavy atom. The molecule has 42 heteroatoms. The second kappa shape index (κ2) is 37.9. The van der Waals surface area contributed by atoms with Gasteiger partial charge < -0.3 is 72.9 Å². The van der Waals surface area contributed by atoms with Gasteiger partial charge in [-0.2, -0.15) is 15.0 Å². The summed E-state index contributed by atoms with van der Waals surface area (Å²) in [6.45, 7) is 5.07. The summed E-state index contributed by atoms with van der Waals surface area (Å²) in [5.41, 5.74) is 17.6. The van der Waals surface area contributed by atoms with Gasteiger partial charge in [0.1, 0.15) is 38.9 Å². The lowest BCUT2D eigenvalue weighted by Crippen LogP contribution is -2.14. The minimum atomic E-state index is -3.91. The molecule has 0 aliphatic heterocycles. The lowest BCUT2D eigenvalue weighted by atomic mass is 10.2. The first kappa shape index (κ1) is 79.7. The molecule has 9 rings (SSSR count). The van der Waals surface area contributed by atoms with Crippen molar-refractivity contribution in [3.8, 4) is 17.2 Å². The molecule has 3 atom stereocenters. The molecule has 9 N–H and O–H groups in total. The zero-order valence-corrected chi connectivity index (χ0v) is 58.2. The fraction of sp³-hybridized carbons (Fsp3) is 0.367. The van der Waals surface area contributed by atoms with Crippen molar-refractivity contribution in [2.45, 2.75) is 66.1 Å². The largest absolute Gasteiger partial charge is 0.494 e. The van der Waals surface area contributed by atoms with Crippen molar-refractivity contribution >= 4 is 91.5 Å². The molecule has 102 heavy (non-hydrogen) atoms. The van der Waals surface area contributed by atoms with Gasteiger partial charge >= 0.3 is 22.8 Å². The predicted molar refractivity (Wildman–Crippen MR) is 360 cm³/mol. The number of carbonyl (C=O) groups is 3. The highest BCUT2D eigenvalue weighted by Gasteiger charge is 2.30. The zero-order valence-electron chi connectivity index (χ0n) is 55.5. The summed E-state index contributed by atoms with van der Waals surface area (Å²) < 4.78 is 149. The molecule has 6 heterocycles. The van der Waals surface area contributed by atoms with E-state index in [0.717, 1.165) is 0 Å². The minimum Gasteiger partial charge on any atom is -0.494 e. The normalized spacial score (nSPS) is 13.1. The number of aromatic amines is 3. The molecule has 550 valence electrons. The number of nitrogens with zero attached hydrogens (tertiary/aromatic N) is 9. The van der Waals surface area contributed by atoms with E-state index in [0.29, 0.717) is 16.7 Å². The molecule has 0 spiro atoms. The lowest BCUT2D eigenvalue weighted by Gasteiger charge is -2.19. The number of Topliss-reactive ketones (excluding diaryl/α,β-unsaturated/α-hetero) is 3. The highest BCUT2D eigenvalue weighted by atomic mass is 31.2. The Labute approximate surface area is 576 Å². The van der Waals surface area contributed by atoms with Gasteiger partial charge in [-0.15, -0.1) is 6.58 Å². The number of fused-ring (bicyclic) bond motifs is 3. The van der Waals surface area contributed by atoms with Gasteiger partial charge in [0.05, 0.1) is 80.0 Å². The Bertz CT molecular complexity index is 4740. The molecule has 0 aliphatic rings. The first-order chi connectivity index (χ1) is 48.7. The van der Waals surface area contributed by atoms with Gasteiger partial charge in [-0.3, -0.25) is 71.0 Å². The molecule has 0 saturated carbocycles. The molecule has 36 nitrogen and oxygen atoms in total. The fourth-order valence-electron chi connectivity index (χ4n) is 8.53. The molecule has 0 amide bonds. The van der Waals surface area contributed by atoms with Crippen molar-refractivity contribution in [1.82, 2.24) is 58.6 Å². The van der Waals surface area contributed by atoms with E-state index in [1.165, 1.54) is 89.7 Å². The van der Waals surface area contributed by atoms with Gasteiger partial charge in [-0.05, 0) is 60.0 Å². The summed E-state index contributed by atoms with van der Waals surface area (Å²) in [7, 11) is -7.62. The Morgan fingerprint density at radius 1 is 0.510 bits per heavy atom. The van der Waals surface area contributed by atoms with E-state index in [2.05, 4.69) is 51.4 Å². The van der Waals surface area contributed by atoms with Gasteiger partial charge in [0, 0.05) is 32.5 Å². The summed E-state index contributed by atoms with van der Waals surface area (Å²) >= 11 is 0. The van der Waals surface area contributed by atoms with E-state index < -0.39 is 95.8 Å². The number of H-pyrrole nitrogens is 3. The first-order valence-corrected chi connectivity index (χ1v) is 35.5. The van der Waals surface area contributed by atoms with Crippen LogP contribution in [0.4, 0.5) is 31.0 Å². The molecule has 0 radical (unpaired) electrons. The van der Waals surface area contributed by atoms with Crippen LogP contribution in [0.3, 0.4) is 0 Å². The van der Waals surface area contributed by atoms with Crippen LogP contribution in [0.2, 0.25) is 0 Å². The maximum atomic E-state index is 14.0. The molecule has 0 saturated heterocycles. The molecule has 0 bridgehead atoms. The number of nitrogens with two attached hydrogens (primary N) is 3. The summed E-state index contributed by atoms with van der Waals surface area (Å²) in [6.07, 6.45) is 4.45. The topological polar surface area (TPSA) is 482 Å². The van der Waals surface area contributed by atoms with Crippen LogP contribution in [0.25, 0.3) is 33.5 Å². The van der Waals surface area contributed by atoms with Crippen LogP contribution < -0.4 is 48.1 Å². The average Bonchev–Trinajstić information content (AvgIpc) is 1.68. The molecule has 0 aliphatic carbocycles. The van der Waals surface area contributed by atoms with Gasteiger partial charge in [-0.25, -0.2) is 28.1 Å². The number of nitrogen functional groups attached to an aromatic ring is 3. The second-order valence-corrected chi connectivity index (χ2v) is 27.3. The van der Waals surface area contributed by atoms with E-state index in [1.807, 2.05) is 0 Å². The molecule has 9 aromatic rings. The standard InChI is InChI=1S/C21H25FN5O7P.C20H25FN5O7P.C19H23FN5O7P/c1-3-4-15(28)11-34-35(30,33-10-14-5-6-17(31-2)16(22)9-14)13-32-8-7-27-12-24-18-19(27)25-21(23)26-20(18)29;1-3-14(27)10-33-34(29,32-9-13-4-5-16(30-2)15(21)8-13)12-31-7-6-26-11-23-17-18(26)24-20(22)25-19(17)28;1-12(26)8-31-33(28,32-9-13-3-4-15(29-2)14(20)7-13)11-30-6-5-25-10-22-16-17(25)23-19(21)24-18(16)27/h3,5-6,9,12H,1,4,7-8,10-11,13H2,2H3,(H3,23,25,26,29);4-5,8,11H,3,6-7,9-10,12H2,1-2H3,(H3,22,24,25,28);3-4,7,10H,5-6,8-9,11H2,1-2H3,(H3,21,23,24,27). The Hall–Kier alpha value is -9.62. The quantitative estimate of drug-likeness (QED) is 0.0137. The number of methoxy groups -OCH3 is 3. The van der Waals surface area contributed by atoms with E-state index in [9.17, 15) is 55.6 Å². The van der Waals surface area contributed by atoms with Gasteiger partial charge in [0.2, 0.25) is 17.8 Å². The molecule has 3 unspecified atom stereocenters. The van der Waals surface area contributed by atoms with Crippen molar-refractivity contribution < 1.29 is 96.8 Å². The smallest absolute Gasteiger partial charge is 0.356 e. The predicted octanol–water partition coefficient (Wildman–Crippen LogP) is 6.46. The summed E-state index contributed by atoms with van der Waals surface area (Å²) in [6, 6.07) is 12.4. The highest BCUT2D eigenvalue weighted by Crippen LogP contribution is 2.51. The Balaban J connectivity index is 0.000000215. The third kappa shape index (κ3) is 23.5. The number of allylic oxidation sites excluding steroid dienone is 1. The van der Waals surface area contributed by atoms with Crippen LogP contribution in [0.5, 0.6) is 17.2 Å². The van der Waals surface area contributed by atoms with Gasteiger partial charge in [0.25, 0.3) is 16.7 Å². The highest BCUT2D eigenvalue weighted by molar-refractivity contribution is 7.54. The number of imidazole rings is 3. The summed E-state index contributed by atoms with van der Waals surface area (Å²) in [5.74, 6) is -2.78. The molecule has 3 aromatic carbocycles. The number of nitrogens with one attached hydrogen (secondary N) is 3. The molecular formula is C60H73F3N15O21P3. The van der Waals surface area contributed by atoms with Gasteiger partial charge in [0.15, 0.2) is 85.5 Å². The molecule has 0 fully saturated rings. The van der Waals surface area contributed by atoms with Crippen LogP contribution in [0.1, 0.15) is 43.4 Å². The number of halogens is 3. The Morgan fingerprint density at radius 2 is 0.824 bits per heavy atom. The fourth-order valence-corrected chi connectivity index (χ4v) is 12.4. The minimum absolute atomic E-state index is 0.0221. The van der Waals surface area contributed by atoms with Crippen molar-refractivity contribution in [1.29, 1.82) is 0 Å². The number of ketones is 3. The van der Waals surface area contributed by atoms with Crippen LogP contribution >= 0.6 is 22.8 Å². The number of hydrogen-bond acceptors (Lipinski definition) is 30. The first-order valence-electron chi connectivity index (χ1n) is 30.3. The number of carbonyl (C=O) groups excluding carboxylic acids is 3. The summed E-state index contributed by atoms with van der Waals surface area (Å²) in [5, 5.41) is 0. The lowest BCUT2D eigenvalue weighted by molar-refractivity contribution is -0.121. The van der Waals surface area contributed by atoms with E-state index in [-0.39, 0.29) is 158 Å². The van der Waals surface area contributed by atoms with Crippen LogP contribution in [0.15, 0.2) is 101 Å². The number of ether oxygens (including phenoxy) is 6.